The first-order valence-electron chi connectivity index (χ1n) is 3.80. The first-order valence-corrected chi connectivity index (χ1v) is 4.18. The van der Waals surface area contributed by atoms with E-state index in [0.717, 1.165) is 18.3 Å². The summed E-state index contributed by atoms with van der Waals surface area (Å²) in [5.41, 5.74) is -0.603. The SMILES string of the molecule is O=C(Cl)C=Cc1ccc(C(F)(F)F)nc1. The molecule has 15 heavy (non-hydrogen) atoms. The van der Waals surface area contributed by atoms with Crippen LogP contribution < -0.4 is 0 Å². The van der Waals surface area contributed by atoms with Gasteiger partial charge in [-0.1, -0.05) is 6.07 Å². The summed E-state index contributed by atoms with van der Waals surface area (Å²) in [6.45, 7) is 0. The topological polar surface area (TPSA) is 30.0 Å². The molecule has 0 atom stereocenters. The van der Waals surface area contributed by atoms with Gasteiger partial charge in [-0.15, -0.1) is 0 Å². The molecule has 0 aliphatic carbocycles. The van der Waals surface area contributed by atoms with Gasteiger partial charge in [0.15, 0.2) is 0 Å². The first kappa shape index (κ1) is 11.7. The van der Waals surface area contributed by atoms with Crippen LogP contribution in [-0.2, 0) is 11.0 Å². The Hall–Kier alpha value is -1.36. The van der Waals surface area contributed by atoms with Gasteiger partial charge in [0, 0.05) is 6.20 Å². The third-order valence-corrected chi connectivity index (χ3v) is 1.61. The number of hydrogen-bond acceptors (Lipinski definition) is 2. The Labute approximate surface area is 88.4 Å². The van der Waals surface area contributed by atoms with Crippen LogP contribution in [0.15, 0.2) is 24.4 Å². The Morgan fingerprint density at radius 2 is 2.07 bits per heavy atom. The van der Waals surface area contributed by atoms with Crippen molar-refractivity contribution in [1.29, 1.82) is 0 Å². The molecule has 0 saturated carbocycles. The number of alkyl halides is 3. The number of halogens is 4. The van der Waals surface area contributed by atoms with Crippen LogP contribution in [0, 0.1) is 0 Å². The Kier molecular flexibility index (Phi) is 3.47. The molecular weight excluding hydrogens is 231 g/mol. The molecule has 0 saturated heterocycles. The zero-order valence-electron chi connectivity index (χ0n) is 7.25. The van der Waals surface area contributed by atoms with Gasteiger partial charge in [-0.3, -0.25) is 9.78 Å². The lowest BCUT2D eigenvalue weighted by atomic mass is 10.2. The summed E-state index contributed by atoms with van der Waals surface area (Å²) in [5.74, 6) is 0. The van der Waals surface area contributed by atoms with E-state index in [2.05, 4.69) is 4.98 Å². The number of rotatable bonds is 2. The molecule has 0 fully saturated rings. The van der Waals surface area contributed by atoms with Crippen molar-refractivity contribution in [2.45, 2.75) is 6.18 Å². The van der Waals surface area contributed by atoms with E-state index in [4.69, 9.17) is 11.6 Å². The summed E-state index contributed by atoms with van der Waals surface area (Å²) in [6.07, 6.45) is -1.13. The molecule has 1 aromatic heterocycles. The quantitative estimate of drug-likeness (QED) is 0.583. The molecule has 0 aliphatic rings. The van der Waals surface area contributed by atoms with Crippen LogP contribution in [0.25, 0.3) is 6.08 Å². The van der Waals surface area contributed by atoms with Crippen molar-refractivity contribution in [3.8, 4) is 0 Å². The summed E-state index contributed by atoms with van der Waals surface area (Å²) >= 11 is 5.01. The standard InChI is InChI=1S/C9H5ClF3NO/c10-8(15)4-2-6-1-3-7(14-5-6)9(11,12)13/h1-5H. The van der Waals surface area contributed by atoms with Gasteiger partial charge in [0.2, 0.25) is 5.24 Å². The van der Waals surface area contributed by atoms with Gasteiger partial charge >= 0.3 is 6.18 Å². The maximum atomic E-state index is 12.1. The van der Waals surface area contributed by atoms with Crippen molar-refractivity contribution < 1.29 is 18.0 Å². The van der Waals surface area contributed by atoms with Crippen LogP contribution in [0.5, 0.6) is 0 Å². The number of nitrogens with zero attached hydrogens (tertiary/aromatic N) is 1. The van der Waals surface area contributed by atoms with E-state index >= 15 is 0 Å². The van der Waals surface area contributed by atoms with Crippen molar-refractivity contribution >= 4 is 22.9 Å². The molecule has 1 rings (SSSR count). The Morgan fingerprint density at radius 1 is 1.40 bits per heavy atom. The molecule has 0 aromatic carbocycles. The molecule has 0 N–H and O–H groups in total. The monoisotopic (exact) mass is 235 g/mol. The molecule has 6 heteroatoms. The lowest BCUT2D eigenvalue weighted by molar-refractivity contribution is -0.141. The number of carbonyl (C=O) groups is 1. The van der Waals surface area contributed by atoms with Crippen LogP contribution in [-0.4, -0.2) is 10.2 Å². The predicted octanol–water partition coefficient (Wildman–Crippen LogP) is 2.88. The normalized spacial score (nSPS) is 12.0. The minimum Gasteiger partial charge on any atom is -0.276 e. The fraction of sp³-hybridized carbons (Fsp3) is 0.111. The van der Waals surface area contributed by atoms with Crippen LogP contribution >= 0.6 is 11.6 Å². The Balaban J connectivity index is 2.86. The van der Waals surface area contributed by atoms with E-state index in [0.29, 0.717) is 5.56 Å². The number of allylic oxidation sites excluding steroid dienone is 1. The van der Waals surface area contributed by atoms with E-state index < -0.39 is 17.1 Å². The molecule has 0 radical (unpaired) electrons. The van der Waals surface area contributed by atoms with E-state index in [-0.39, 0.29) is 0 Å². The smallest absolute Gasteiger partial charge is 0.276 e. The average molecular weight is 236 g/mol. The highest BCUT2D eigenvalue weighted by atomic mass is 35.5. The largest absolute Gasteiger partial charge is 0.433 e. The Bertz CT molecular complexity index is 383. The molecule has 0 unspecified atom stereocenters. The van der Waals surface area contributed by atoms with Crippen LogP contribution in [0.2, 0.25) is 0 Å². The second-order valence-corrected chi connectivity index (χ2v) is 2.98. The molecule has 0 aliphatic heterocycles. The molecule has 0 bridgehead atoms. The van der Waals surface area contributed by atoms with Gasteiger partial charge in [0.05, 0.1) is 0 Å². The van der Waals surface area contributed by atoms with Gasteiger partial charge in [-0.2, -0.15) is 13.2 Å². The summed E-state index contributed by atoms with van der Waals surface area (Å²) in [6, 6.07) is 2.03. The van der Waals surface area contributed by atoms with Gasteiger partial charge in [-0.05, 0) is 35.4 Å². The number of pyridine rings is 1. The fourth-order valence-electron chi connectivity index (χ4n) is 0.833. The van der Waals surface area contributed by atoms with Crippen molar-refractivity contribution in [3.05, 3.63) is 35.7 Å². The average Bonchev–Trinajstić information content (AvgIpc) is 2.14. The second-order valence-electron chi connectivity index (χ2n) is 2.61. The van der Waals surface area contributed by atoms with E-state index in [1.165, 1.54) is 12.1 Å². The third kappa shape index (κ3) is 3.71. The van der Waals surface area contributed by atoms with Crippen LogP contribution in [0.4, 0.5) is 13.2 Å². The molecule has 0 spiro atoms. The highest BCUT2D eigenvalue weighted by Gasteiger charge is 2.31. The van der Waals surface area contributed by atoms with Crippen molar-refractivity contribution in [2.24, 2.45) is 0 Å². The number of hydrogen-bond donors (Lipinski definition) is 0. The van der Waals surface area contributed by atoms with Crippen molar-refractivity contribution in [2.75, 3.05) is 0 Å². The molecule has 1 heterocycles. The van der Waals surface area contributed by atoms with Crippen LogP contribution in [0.3, 0.4) is 0 Å². The number of aromatic nitrogens is 1. The summed E-state index contributed by atoms with van der Waals surface area (Å²) in [5, 5.41) is -0.699. The Morgan fingerprint density at radius 3 is 2.47 bits per heavy atom. The van der Waals surface area contributed by atoms with Crippen molar-refractivity contribution in [3.63, 3.8) is 0 Å². The van der Waals surface area contributed by atoms with E-state index in [1.54, 1.807) is 0 Å². The molecule has 80 valence electrons. The highest BCUT2D eigenvalue weighted by Crippen LogP contribution is 2.27. The van der Waals surface area contributed by atoms with Gasteiger partial charge < -0.3 is 0 Å². The summed E-state index contributed by atoms with van der Waals surface area (Å²) < 4.78 is 36.2. The van der Waals surface area contributed by atoms with Gasteiger partial charge in [0.25, 0.3) is 0 Å². The molecule has 0 amide bonds. The fourth-order valence-corrected chi connectivity index (χ4v) is 0.896. The first-order chi connectivity index (χ1) is 6.89. The lowest BCUT2D eigenvalue weighted by Gasteiger charge is -2.04. The maximum absolute atomic E-state index is 12.1. The minimum absolute atomic E-state index is 0.372. The number of carbonyl (C=O) groups excluding carboxylic acids is 1. The summed E-state index contributed by atoms with van der Waals surface area (Å²) in [4.78, 5) is 13.5. The zero-order valence-corrected chi connectivity index (χ0v) is 8.01. The van der Waals surface area contributed by atoms with Gasteiger partial charge in [0.1, 0.15) is 5.69 Å². The highest BCUT2D eigenvalue weighted by molar-refractivity contribution is 6.66. The minimum atomic E-state index is -4.45. The predicted molar refractivity (Wildman–Crippen MR) is 49.1 cm³/mol. The van der Waals surface area contributed by atoms with E-state index in [1.807, 2.05) is 0 Å². The third-order valence-electron chi connectivity index (χ3n) is 1.48. The molecule has 1 aromatic rings. The molecule has 2 nitrogen and oxygen atoms in total. The van der Waals surface area contributed by atoms with Gasteiger partial charge in [-0.25, -0.2) is 0 Å². The second kappa shape index (κ2) is 4.44. The lowest BCUT2D eigenvalue weighted by Crippen LogP contribution is -2.07. The van der Waals surface area contributed by atoms with Crippen LogP contribution in [0.1, 0.15) is 11.3 Å². The molecular formula is C9H5ClF3NO. The van der Waals surface area contributed by atoms with E-state index in [9.17, 15) is 18.0 Å². The zero-order chi connectivity index (χ0) is 11.5. The summed E-state index contributed by atoms with van der Waals surface area (Å²) in [7, 11) is 0. The van der Waals surface area contributed by atoms with Crippen molar-refractivity contribution in [1.82, 2.24) is 4.98 Å². The maximum Gasteiger partial charge on any atom is 0.433 e.